The van der Waals surface area contributed by atoms with Gasteiger partial charge in [0, 0.05) is 11.7 Å². The maximum absolute atomic E-state index is 11.7. The molecule has 17 heavy (non-hydrogen) atoms. The zero-order valence-corrected chi connectivity index (χ0v) is 9.57. The molecule has 0 aliphatic heterocycles. The third-order valence-electron chi connectivity index (χ3n) is 3.97. The lowest BCUT2D eigenvalue weighted by molar-refractivity contribution is -0.143. The Hall–Kier alpha value is -1.77. The molecule has 0 saturated heterocycles. The van der Waals surface area contributed by atoms with Crippen LogP contribution in [0.2, 0.25) is 0 Å². The third-order valence-corrected chi connectivity index (χ3v) is 3.97. The standard InChI is InChI=1S/C14H15NO2/c16-13(17)14(7-1-2-8-14)11-5-3-4-10-6-9-15-12(10)11/h3-6,9,15H,1-2,7-8H2,(H,16,17). The number of aromatic nitrogens is 1. The van der Waals surface area contributed by atoms with Crippen molar-refractivity contribution in [1.29, 1.82) is 0 Å². The maximum Gasteiger partial charge on any atom is 0.314 e. The Morgan fingerprint density at radius 3 is 2.71 bits per heavy atom. The Bertz CT molecular complexity index is 564. The Balaban J connectivity index is 2.25. The number of fused-ring (bicyclic) bond motifs is 1. The zero-order valence-electron chi connectivity index (χ0n) is 9.57. The van der Waals surface area contributed by atoms with Crippen molar-refractivity contribution in [2.45, 2.75) is 31.1 Å². The van der Waals surface area contributed by atoms with Crippen molar-refractivity contribution in [2.75, 3.05) is 0 Å². The lowest BCUT2D eigenvalue weighted by atomic mass is 9.78. The van der Waals surface area contributed by atoms with Gasteiger partial charge in [0.05, 0.1) is 5.41 Å². The molecule has 0 amide bonds. The molecule has 88 valence electrons. The van der Waals surface area contributed by atoms with E-state index in [1.54, 1.807) is 0 Å². The van der Waals surface area contributed by atoms with Crippen molar-refractivity contribution < 1.29 is 9.90 Å². The van der Waals surface area contributed by atoms with Crippen LogP contribution in [0.25, 0.3) is 10.9 Å². The van der Waals surface area contributed by atoms with Gasteiger partial charge in [0.25, 0.3) is 0 Å². The Morgan fingerprint density at radius 2 is 2.00 bits per heavy atom. The Labute approximate surface area is 99.5 Å². The van der Waals surface area contributed by atoms with Gasteiger partial charge >= 0.3 is 5.97 Å². The van der Waals surface area contributed by atoms with Gasteiger partial charge in [-0.2, -0.15) is 0 Å². The predicted octanol–water partition coefficient (Wildman–Crippen LogP) is 3.06. The first-order chi connectivity index (χ1) is 8.24. The van der Waals surface area contributed by atoms with Gasteiger partial charge in [-0.3, -0.25) is 4.79 Å². The largest absolute Gasteiger partial charge is 0.481 e. The van der Waals surface area contributed by atoms with Gasteiger partial charge in [0.15, 0.2) is 0 Å². The van der Waals surface area contributed by atoms with Gasteiger partial charge in [-0.25, -0.2) is 0 Å². The monoisotopic (exact) mass is 229 g/mol. The first-order valence-electron chi connectivity index (χ1n) is 6.04. The van der Waals surface area contributed by atoms with Crippen LogP contribution >= 0.6 is 0 Å². The number of aromatic amines is 1. The van der Waals surface area contributed by atoms with Crippen molar-refractivity contribution in [3.63, 3.8) is 0 Å². The molecule has 3 heteroatoms. The number of rotatable bonds is 2. The summed E-state index contributed by atoms with van der Waals surface area (Å²) in [5.41, 5.74) is 1.26. The van der Waals surface area contributed by atoms with E-state index in [1.807, 2.05) is 30.5 Å². The van der Waals surface area contributed by atoms with Gasteiger partial charge in [-0.15, -0.1) is 0 Å². The molecule has 1 saturated carbocycles. The number of hydrogen-bond acceptors (Lipinski definition) is 1. The summed E-state index contributed by atoms with van der Waals surface area (Å²) in [6, 6.07) is 7.91. The molecule has 0 radical (unpaired) electrons. The molecule has 0 spiro atoms. The summed E-state index contributed by atoms with van der Waals surface area (Å²) in [7, 11) is 0. The zero-order chi connectivity index (χ0) is 11.9. The number of H-pyrrole nitrogens is 1. The molecule has 1 fully saturated rings. The number of para-hydroxylation sites is 1. The van der Waals surface area contributed by atoms with Crippen molar-refractivity contribution in [2.24, 2.45) is 0 Å². The van der Waals surface area contributed by atoms with Crippen LogP contribution in [0.15, 0.2) is 30.5 Å². The quantitative estimate of drug-likeness (QED) is 0.831. The van der Waals surface area contributed by atoms with Crippen molar-refractivity contribution in [3.05, 3.63) is 36.0 Å². The fourth-order valence-corrected chi connectivity index (χ4v) is 3.06. The topological polar surface area (TPSA) is 53.1 Å². The highest BCUT2D eigenvalue weighted by Gasteiger charge is 2.43. The fraction of sp³-hybridized carbons (Fsp3) is 0.357. The Morgan fingerprint density at radius 1 is 1.24 bits per heavy atom. The molecule has 1 aromatic carbocycles. The van der Waals surface area contributed by atoms with E-state index in [0.29, 0.717) is 0 Å². The molecular formula is C14H15NO2. The predicted molar refractivity (Wildman–Crippen MR) is 66.1 cm³/mol. The van der Waals surface area contributed by atoms with Gasteiger partial charge in [0.1, 0.15) is 0 Å². The molecule has 3 nitrogen and oxygen atoms in total. The summed E-state index contributed by atoms with van der Waals surface area (Å²) < 4.78 is 0. The fourth-order valence-electron chi connectivity index (χ4n) is 3.06. The second-order valence-electron chi connectivity index (χ2n) is 4.84. The molecule has 1 aliphatic carbocycles. The number of nitrogens with one attached hydrogen (secondary N) is 1. The van der Waals surface area contributed by atoms with Crippen LogP contribution in [0.5, 0.6) is 0 Å². The second kappa shape index (κ2) is 3.62. The summed E-state index contributed by atoms with van der Waals surface area (Å²) >= 11 is 0. The van der Waals surface area contributed by atoms with E-state index >= 15 is 0 Å². The van der Waals surface area contributed by atoms with E-state index in [4.69, 9.17) is 0 Å². The molecular weight excluding hydrogens is 214 g/mol. The molecule has 2 aromatic rings. The van der Waals surface area contributed by atoms with Crippen LogP contribution in [0.1, 0.15) is 31.2 Å². The molecule has 0 atom stereocenters. The number of carboxylic acids is 1. The van der Waals surface area contributed by atoms with Crippen LogP contribution in [-0.2, 0) is 10.2 Å². The SMILES string of the molecule is O=C(O)C1(c2cccc3cc[nH]c23)CCCC1. The Kier molecular flexibility index (Phi) is 2.21. The highest BCUT2D eigenvalue weighted by Crippen LogP contribution is 2.43. The summed E-state index contributed by atoms with van der Waals surface area (Å²) in [6.45, 7) is 0. The van der Waals surface area contributed by atoms with E-state index in [1.165, 1.54) is 0 Å². The highest BCUT2D eigenvalue weighted by atomic mass is 16.4. The summed E-state index contributed by atoms with van der Waals surface area (Å²) in [6.07, 6.45) is 5.38. The summed E-state index contributed by atoms with van der Waals surface area (Å²) in [4.78, 5) is 14.9. The molecule has 3 rings (SSSR count). The minimum Gasteiger partial charge on any atom is -0.481 e. The van der Waals surface area contributed by atoms with Crippen molar-refractivity contribution >= 4 is 16.9 Å². The molecule has 0 unspecified atom stereocenters. The normalized spacial score (nSPS) is 18.6. The minimum absolute atomic E-state index is 0.676. The third kappa shape index (κ3) is 1.38. The molecule has 1 heterocycles. The van der Waals surface area contributed by atoms with E-state index in [0.717, 1.165) is 42.1 Å². The number of benzene rings is 1. The smallest absolute Gasteiger partial charge is 0.314 e. The first kappa shape index (κ1) is 10.4. The van der Waals surface area contributed by atoms with Gasteiger partial charge in [-0.05, 0) is 29.9 Å². The number of carboxylic acid groups (broad SMARTS) is 1. The average molecular weight is 229 g/mol. The average Bonchev–Trinajstić information content (AvgIpc) is 2.98. The maximum atomic E-state index is 11.7. The number of aliphatic carboxylic acids is 1. The van der Waals surface area contributed by atoms with Crippen molar-refractivity contribution in [1.82, 2.24) is 4.98 Å². The van der Waals surface area contributed by atoms with Crippen LogP contribution in [0.4, 0.5) is 0 Å². The van der Waals surface area contributed by atoms with Crippen molar-refractivity contribution in [3.8, 4) is 0 Å². The van der Waals surface area contributed by atoms with E-state index in [2.05, 4.69) is 4.98 Å². The van der Waals surface area contributed by atoms with E-state index in [-0.39, 0.29) is 0 Å². The minimum atomic E-state index is -0.683. The van der Waals surface area contributed by atoms with E-state index < -0.39 is 11.4 Å². The van der Waals surface area contributed by atoms with Gasteiger partial charge in [0.2, 0.25) is 0 Å². The van der Waals surface area contributed by atoms with Crippen LogP contribution < -0.4 is 0 Å². The van der Waals surface area contributed by atoms with Crippen LogP contribution in [-0.4, -0.2) is 16.1 Å². The molecule has 1 aromatic heterocycles. The first-order valence-corrected chi connectivity index (χ1v) is 6.04. The lowest BCUT2D eigenvalue weighted by Crippen LogP contribution is -2.32. The molecule has 2 N–H and O–H groups in total. The summed E-state index contributed by atoms with van der Waals surface area (Å²) in [5, 5.41) is 10.7. The number of carbonyl (C=O) groups is 1. The second-order valence-corrected chi connectivity index (χ2v) is 4.84. The molecule has 0 bridgehead atoms. The highest BCUT2D eigenvalue weighted by molar-refractivity contribution is 5.91. The van der Waals surface area contributed by atoms with E-state index in [9.17, 15) is 9.90 Å². The van der Waals surface area contributed by atoms with Crippen LogP contribution in [0.3, 0.4) is 0 Å². The van der Waals surface area contributed by atoms with Gasteiger partial charge < -0.3 is 10.1 Å². The lowest BCUT2D eigenvalue weighted by Gasteiger charge is -2.25. The van der Waals surface area contributed by atoms with Gasteiger partial charge in [-0.1, -0.05) is 31.0 Å². The summed E-state index contributed by atoms with van der Waals surface area (Å²) in [5.74, 6) is -0.683. The number of hydrogen-bond donors (Lipinski definition) is 2. The molecule has 1 aliphatic rings. The van der Waals surface area contributed by atoms with Crippen LogP contribution in [0, 0.1) is 0 Å².